The number of H-pyrrole nitrogens is 1. The van der Waals surface area contributed by atoms with E-state index in [0.717, 1.165) is 5.57 Å². The monoisotopic (exact) mass is 552 g/mol. The van der Waals surface area contributed by atoms with E-state index in [1.165, 1.54) is 12.1 Å². The summed E-state index contributed by atoms with van der Waals surface area (Å²) in [6.45, 7) is 1.95. The number of aryl methyl sites for hydroxylation is 1. The van der Waals surface area contributed by atoms with Gasteiger partial charge in [0.1, 0.15) is 17.2 Å². The van der Waals surface area contributed by atoms with Crippen molar-refractivity contribution in [1.29, 1.82) is 0 Å². The van der Waals surface area contributed by atoms with Crippen molar-refractivity contribution in [2.45, 2.75) is 13.1 Å². The molecule has 2 N–H and O–H groups in total. The zero-order chi connectivity index (χ0) is 28.5. The lowest BCUT2D eigenvalue weighted by molar-refractivity contribution is -0.0695. The Balaban J connectivity index is 1.54. The van der Waals surface area contributed by atoms with Gasteiger partial charge in [-0.15, -0.1) is 0 Å². The van der Waals surface area contributed by atoms with E-state index >= 15 is 0 Å². The van der Waals surface area contributed by atoms with E-state index in [4.69, 9.17) is 9.98 Å². The fourth-order valence-electron chi connectivity index (χ4n) is 5.32. The predicted octanol–water partition coefficient (Wildman–Crippen LogP) is 5.43. The summed E-state index contributed by atoms with van der Waals surface area (Å²) in [6.07, 6.45) is 12.8. The summed E-state index contributed by atoms with van der Waals surface area (Å²) in [7, 11) is 3.68. The van der Waals surface area contributed by atoms with Gasteiger partial charge in [0.2, 0.25) is 0 Å². The third kappa shape index (κ3) is 4.00. The third-order valence-electron chi connectivity index (χ3n) is 7.37. The first kappa shape index (κ1) is 24.8. The van der Waals surface area contributed by atoms with Crippen LogP contribution in [0.15, 0.2) is 117 Å². The summed E-state index contributed by atoms with van der Waals surface area (Å²) in [4.78, 5) is 23.6. The minimum atomic E-state index is -4.68. The van der Waals surface area contributed by atoms with Gasteiger partial charge in [0.25, 0.3) is 0 Å². The molecule has 8 nitrogen and oxygen atoms in total. The lowest BCUT2D eigenvalue weighted by Crippen LogP contribution is -2.19. The van der Waals surface area contributed by atoms with Crippen molar-refractivity contribution in [2.75, 3.05) is 7.05 Å². The molecule has 7 heterocycles. The molecule has 0 aliphatic carbocycles. The molecule has 0 spiro atoms. The van der Waals surface area contributed by atoms with Crippen molar-refractivity contribution in [1.82, 2.24) is 24.8 Å². The lowest BCUT2D eigenvalue weighted by atomic mass is 10.1. The van der Waals surface area contributed by atoms with E-state index in [2.05, 4.69) is 20.3 Å². The summed E-state index contributed by atoms with van der Waals surface area (Å²) >= 11 is 0. The molecule has 204 valence electrons. The first-order chi connectivity index (χ1) is 19.7. The number of imidazole rings is 1. The minimum absolute atomic E-state index is 0.0993. The molecule has 0 aromatic carbocycles. The number of hydrogen-bond acceptors (Lipinski definition) is 6. The molecule has 0 atom stereocenters. The van der Waals surface area contributed by atoms with Gasteiger partial charge in [-0.2, -0.15) is 13.2 Å². The third-order valence-corrected chi connectivity index (χ3v) is 7.37. The van der Waals surface area contributed by atoms with Gasteiger partial charge >= 0.3 is 6.18 Å². The van der Waals surface area contributed by atoms with E-state index in [-0.39, 0.29) is 11.4 Å². The van der Waals surface area contributed by atoms with Gasteiger partial charge < -0.3 is 19.8 Å². The van der Waals surface area contributed by atoms with Crippen LogP contribution in [-0.4, -0.2) is 49.8 Å². The van der Waals surface area contributed by atoms with Crippen LogP contribution in [0.3, 0.4) is 0 Å². The van der Waals surface area contributed by atoms with Crippen LogP contribution in [0.5, 0.6) is 0 Å². The first-order valence-corrected chi connectivity index (χ1v) is 12.8. The van der Waals surface area contributed by atoms with E-state index in [1.54, 1.807) is 35.3 Å². The molecule has 0 fully saturated rings. The van der Waals surface area contributed by atoms with Gasteiger partial charge in [-0.25, -0.2) is 20.0 Å². The van der Waals surface area contributed by atoms with Crippen molar-refractivity contribution in [3.05, 3.63) is 119 Å². The largest absolute Gasteiger partial charge is 0.420 e. The highest BCUT2D eigenvalue weighted by Crippen LogP contribution is 2.40. The summed E-state index contributed by atoms with van der Waals surface area (Å²) in [5.74, 6) is 1.23. The number of aromatic amines is 1. The second kappa shape index (κ2) is 8.91. The molecule has 0 radical (unpaired) electrons. The maximum absolute atomic E-state index is 14.7. The fourth-order valence-corrected chi connectivity index (χ4v) is 5.32. The van der Waals surface area contributed by atoms with Crippen LogP contribution in [0.25, 0.3) is 16.7 Å². The van der Waals surface area contributed by atoms with Crippen molar-refractivity contribution >= 4 is 33.9 Å². The molecule has 7 rings (SSSR count). The topological polar surface area (TPSA) is 86.0 Å². The molecule has 0 saturated carbocycles. The number of fused-ring (bicyclic) bond motifs is 5. The number of allylic oxidation sites excluding steroid dienone is 10. The van der Waals surface area contributed by atoms with Gasteiger partial charge in [-0.1, -0.05) is 0 Å². The van der Waals surface area contributed by atoms with Crippen LogP contribution < -0.4 is 5.32 Å². The van der Waals surface area contributed by atoms with Crippen molar-refractivity contribution in [3.63, 3.8) is 0 Å². The molecule has 5 aliphatic rings. The van der Waals surface area contributed by atoms with Gasteiger partial charge in [0.15, 0.2) is 0 Å². The van der Waals surface area contributed by atoms with Gasteiger partial charge in [0.05, 0.1) is 56.8 Å². The molecule has 41 heavy (non-hydrogen) atoms. The number of nitrogens with one attached hydrogen (secondary N) is 2. The molecular formula is C30H23F3N8. The number of hydrogen-bond donors (Lipinski definition) is 2. The summed E-state index contributed by atoms with van der Waals surface area (Å²) in [6, 6.07) is 3.07. The number of rotatable bonds is 1. The highest BCUT2D eigenvalue weighted by atomic mass is 19.4. The first-order valence-electron chi connectivity index (χ1n) is 12.8. The summed E-state index contributed by atoms with van der Waals surface area (Å²) in [5, 5.41) is 3.20. The average molecular weight is 553 g/mol. The van der Waals surface area contributed by atoms with E-state index in [1.807, 2.05) is 56.4 Å². The highest BCUT2D eigenvalue weighted by molar-refractivity contribution is 6.33. The SMILES string of the molecule is CC1=C2C=CC(=N2)C(=C2NC=CN2C)c2ccc([nH]2)C(C(F)(F)F)=C2C=CC(=N2)C(c2nccn2C)=C2C=CC1=N2. The Labute approximate surface area is 233 Å². The zero-order valence-corrected chi connectivity index (χ0v) is 22.2. The smallest absolute Gasteiger partial charge is 0.354 e. The number of aromatic nitrogens is 3. The normalized spacial score (nSPS) is 21.5. The van der Waals surface area contributed by atoms with Crippen molar-refractivity contribution < 1.29 is 13.2 Å². The minimum Gasteiger partial charge on any atom is -0.354 e. The Kier molecular flexibility index (Phi) is 5.40. The summed E-state index contributed by atoms with van der Waals surface area (Å²) < 4.78 is 45.8. The Hall–Kier alpha value is -5.19. The van der Waals surface area contributed by atoms with E-state index in [0.29, 0.717) is 57.0 Å². The molecule has 0 saturated heterocycles. The highest BCUT2D eigenvalue weighted by Gasteiger charge is 2.39. The number of halogens is 3. The van der Waals surface area contributed by atoms with Crippen LogP contribution in [0, 0.1) is 0 Å². The molecule has 8 bridgehead atoms. The van der Waals surface area contributed by atoms with E-state index in [9.17, 15) is 13.2 Å². The van der Waals surface area contributed by atoms with Crippen molar-refractivity contribution in [3.8, 4) is 0 Å². The average Bonchev–Trinajstić information content (AvgIpc) is 3.76. The van der Waals surface area contributed by atoms with Crippen LogP contribution >= 0.6 is 0 Å². The van der Waals surface area contributed by atoms with Gasteiger partial charge in [-0.3, -0.25) is 0 Å². The Morgan fingerprint density at radius 1 is 0.780 bits per heavy atom. The summed E-state index contributed by atoms with van der Waals surface area (Å²) in [5.41, 5.74) is 4.26. The molecule has 0 amide bonds. The predicted molar refractivity (Wildman–Crippen MR) is 153 cm³/mol. The zero-order valence-electron chi connectivity index (χ0n) is 22.2. The Bertz CT molecular complexity index is 1870. The van der Waals surface area contributed by atoms with Crippen LogP contribution in [0.1, 0.15) is 24.1 Å². The second-order valence-electron chi connectivity index (χ2n) is 9.96. The molecule has 2 aromatic heterocycles. The Morgan fingerprint density at radius 2 is 1.44 bits per heavy atom. The molecular weight excluding hydrogens is 529 g/mol. The van der Waals surface area contributed by atoms with Gasteiger partial charge in [-0.05, 0) is 55.5 Å². The molecule has 2 aromatic rings. The molecule has 11 heteroatoms. The van der Waals surface area contributed by atoms with Crippen molar-refractivity contribution in [2.24, 2.45) is 22.0 Å². The van der Waals surface area contributed by atoms with Crippen LogP contribution in [0.2, 0.25) is 0 Å². The van der Waals surface area contributed by atoms with Crippen LogP contribution in [0.4, 0.5) is 13.2 Å². The molecule has 0 unspecified atom stereocenters. The fraction of sp³-hybridized carbons (Fsp3) is 0.133. The lowest BCUT2D eigenvalue weighted by Gasteiger charge is -2.17. The number of aliphatic imine (C=N–C) groups is 3. The quantitative estimate of drug-likeness (QED) is 0.495. The van der Waals surface area contributed by atoms with Gasteiger partial charge in [0, 0.05) is 44.5 Å². The van der Waals surface area contributed by atoms with E-state index < -0.39 is 11.7 Å². The maximum Gasteiger partial charge on any atom is 0.420 e. The number of alkyl halides is 3. The standard InChI is InChI=1S/C30H23F3N8/c1-16-17-4-6-19(36-17)25(28-34-12-14-40(28)2)21-8-10-23(38-21)27(30(31,32)33)24-11-9-22(39-24)26(20-7-5-18(16)37-20)29-35-13-15-41(29)3/h4-15,34,38H,1-3H3. The second-order valence-corrected chi connectivity index (χ2v) is 9.96. The maximum atomic E-state index is 14.7. The Morgan fingerprint density at radius 3 is 2.15 bits per heavy atom. The van der Waals surface area contributed by atoms with Crippen LogP contribution in [-0.2, 0) is 7.05 Å². The molecule has 5 aliphatic heterocycles. The number of nitrogens with zero attached hydrogens (tertiary/aromatic N) is 6.